The second-order valence-corrected chi connectivity index (χ2v) is 57.9. The molecule has 3 N–H and O–H groups in total. The number of anilines is 2. The van der Waals surface area contributed by atoms with Crippen LogP contribution in [-0.2, 0) is 25.5 Å². The fourth-order valence-corrected chi connectivity index (χ4v) is 3.23. The number of carbonyl (C=O) groups is 1. The minimum atomic E-state index is -0.465. The molecule has 217 valence electrons. The van der Waals surface area contributed by atoms with Gasteiger partial charge in [0, 0.05) is 14.9 Å². The van der Waals surface area contributed by atoms with Crippen molar-refractivity contribution >= 4 is 140 Å². The molecule has 1 amide bonds. The number of halogens is 6. The average molecular weight is 1270 g/mol. The van der Waals surface area contributed by atoms with Crippen LogP contribution in [0.25, 0.3) is 0 Å². The van der Waals surface area contributed by atoms with Gasteiger partial charge in [-0.05, 0) is 104 Å². The number of amides is 1. The molecule has 2 aromatic carbocycles. The van der Waals surface area contributed by atoms with Gasteiger partial charge < -0.3 is 10.5 Å². The van der Waals surface area contributed by atoms with E-state index in [2.05, 4.69) is 154 Å². The maximum absolute atomic E-state index is 11.4. The fraction of sp³-hybridized carbons (Fsp3) is 0.500. The van der Waals surface area contributed by atoms with Gasteiger partial charge in [0.1, 0.15) is 5.60 Å². The van der Waals surface area contributed by atoms with Gasteiger partial charge in [-0.15, -0.1) is 0 Å². The van der Waals surface area contributed by atoms with Crippen LogP contribution < -0.4 is 11.1 Å². The molecule has 0 saturated heterocycles. The van der Waals surface area contributed by atoms with Crippen molar-refractivity contribution in [3.63, 3.8) is 0 Å². The molecule has 0 radical (unpaired) electrons. The molecule has 0 unspecified atom stereocenters. The Kier molecular flexibility index (Phi) is 31.4. The number of hydrogen-bond donors (Lipinski definition) is 2. The van der Waals surface area contributed by atoms with Crippen LogP contribution in [0.1, 0.15) is 72.3 Å². The van der Waals surface area contributed by atoms with E-state index in [1.165, 1.54) is 44.1 Å². The first kappa shape index (κ1) is 43.2. The molecule has 4 nitrogen and oxygen atoms in total. The number of nitrogens with one attached hydrogen (secondary N) is 1. The summed E-state index contributed by atoms with van der Waals surface area (Å²) in [6.07, 6.45) is 7.58. The van der Waals surface area contributed by atoms with Gasteiger partial charge in [-0.1, -0.05) is 51.7 Å². The van der Waals surface area contributed by atoms with Crippen molar-refractivity contribution in [3.8, 4) is 0 Å². The Balaban J connectivity index is 0. The number of aryl methyl sites for hydroxylation is 1. The first-order valence-corrected chi connectivity index (χ1v) is 35.6. The van der Waals surface area contributed by atoms with Crippen LogP contribution >= 0.6 is 122 Å². The van der Waals surface area contributed by atoms with Crippen LogP contribution in [0.4, 0.5) is 16.2 Å². The van der Waals surface area contributed by atoms with Gasteiger partial charge in [0.05, 0.1) is 0 Å². The van der Waals surface area contributed by atoms with Crippen molar-refractivity contribution in [2.75, 3.05) is 11.1 Å². The zero-order valence-electron chi connectivity index (χ0n) is 22.5. The van der Waals surface area contributed by atoms with Crippen molar-refractivity contribution in [1.82, 2.24) is 0 Å². The number of nitrogen functional groups attached to an aromatic ring is 1. The first-order valence-electron chi connectivity index (χ1n) is 12.0. The van der Waals surface area contributed by atoms with Crippen LogP contribution in [-0.4, -0.2) is 11.7 Å². The molecule has 0 aliphatic carbocycles. The summed E-state index contributed by atoms with van der Waals surface area (Å²) >= 11 is 14.3. The molecule has 0 bridgehead atoms. The van der Waals surface area contributed by atoms with E-state index in [1.807, 2.05) is 57.2 Å². The number of rotatable bonds is 8. The van der Waals surface area contributed by atoms with E-state index in [0.717, 1.165) is 20.9 Å². The molecule has 0 aliphatic rings. The van der Waals surface area contributed by atoms with Crippen molar-refractivity contribution in [3.05, 3.63) is 57.7 Å². The minimum absolute atomic E-state index is 0.278. The number of nitrogens with two attached hydrogens (primary N) is 1. The van der Waals surface area contributed by atoms with Crippen molar-refractivity contribution in [2.45, 2.75) is 78.7 Å². The Morgan fingerprint density at radius 2 is 1.42 bits per heavy atom. The molecule has 12 heteroatoms. The standard InChI is InChI=1S/C15H25N.C11H14INO2.5HI.2V/c1-13(2)7-5-3-4-6-8-14-9-11-15(16)12-10-14;1-11(2,3)15-10(14)13-9-6-4-8(12)5-7-9;;;;;;;/h9-13H,3-8,16H2,1-2H3;4-7H,1-3H3,(H,13,14);5*1H;;/q;;;;;;;+2;+3/p-5. The Bertz CT molecular complexity index is 834. The fourth-order valence-electron chi connectivity index (χ4n) is 2.87. The molecule has 0 aliphatic heterocycles. The van der Waals surface area contributed by atoms with Crippen LogP contribution in [0.15, 0.2) is 48.5 Å². The van der Waals surface area contributed by atoms with E-state index in [0.29, 0.717) is 9.47 Å². The SMILES string of the molecule is CC(C)(C)OC(=O)Nc1ccc(I)cc1.CC(C)CCCCCCc1ccc(N)cc1.[I][V]([I])[I].[I][V][I]. The van der Waals surface area contributed by atoms with Gasteiger partial charge in [-0.3, -0.25) is 5.32 Å². The summed E-state index contributed by atoms with van der Waals surface area (Å²) < 4.78 is 6.25. The third kappa shape index (κ3) is 33.6. The molecule has 0 saturated carbocycles. The summed E-state index contributed by atoms with van der Waals surface area (Å²) in [6.45, 7) is 10.1. The molecule has 0 heterocycles. The molecular formula is C26H39I6N2O2V2. The van der Waals surface area contributed by atoms with Gasteiger partial charge in [0.2, 0.25) is 0 Å². The Morgan fingerprint density at radius 1 is 0.947 bits per heavy atom. The maximum atomic E-state index is 11.4. The predicted molar refractivity (Wildman–Crippen MR) is 212 cm³/mol. The van der Waals surface area contributed by atoms with E-state index in [1.54, 1.807) is 0 Å². The van der Waals surface area contributed by atoms with Gasteiger partial charge in [-0.25, -0.2) is 4.79 Å². The molecule has 0 spiro atoms. The number of carbonyl (C=O) groups excluding carboxylic acids is 1. The Labute approximate surface area is 311 Å². The van der Waals surface area contributed by atoms with E-state index in [-0.39, 0.29) is 4.92 Å². The van der Waals surface area contributed by atoms with E-state index < -0.39 is 11.7 Å². The third-order valence-corrected chi connectivity index (χ3v) is 5.19. The number of benzene rings is 2. The molecule has 0 atom stereocenters. The number of hydrogen-bond acceptors (Lipinski definition) is 3. The van der Waals surface area contributed by atoms with Crippen molar-refractivity contribution in [2.24, 2.45) is 5.92 Å². The van der Waals surface area contributed by atoms with Crippen molar-refractivity contribution in [1.29, 1.82) is 0 Å². The topological polar surface area (TPSA) is 64.3 Å². The Hall–Kier alpha value is 3.06. The zero-order chi connectivity index (χ0) is 29.6. The molecule has 38 heavy (non-hydrogen) atoms. The monoisotopic (exact) mass is 1270 g/mol. The third-order valence-electron chi connectivity index (χ3n) is 4.47. The number of unbranched alkanes of at least 4 members (excludes halogenated alkanes) is 3. The van der Waals surface area contributed by atoms with Gasteiger partial charge >= 0.3 is 120 Å². The van der Waals surface area contributed by atoms with Gasteiger partial charge in [0.15, 0.2) is 0 Å². The summed E-state index contributed by atoms with van der Waals surface area (Å²) in [5.41, 5.74) is 8.20. The average Bonchev–Trinajstić information content (AvgIpc) is 2.78. The molecule has 0 aromatic heterocycles. The normalized spacial score (nSPS) is 10.2. The summed E-state index contributed by atoms with van der Waals surface area (Å²) in [4.78, 5) is 11.1. The second kappa shape index (κ2) is 27.6. The zero-order valence-corrected chi connectivity index (χ0v) is 38.2. The molecule has 0 fully saturated rings. The van der Waals surface area contributed by atoms with Gasteiger partial charge in [0.25, 0.3) is 0 Å². The van der Waals surface area contributed by atoms with Gasteiger partial charge in [-0.2, -0.15) is 0 Å². The van der Waals surface area contributed by atoms with Crippen LogP contribution in [0.3, 0.4) is 0 Å². The number of ether oxygens (including phenoxy) is 1. The van der Waals surface area contributed by atoms with E-state index >= 15 is 0 Å². The van der Waals surface area contributed by atoms with E-state index in [9.17, 15) is 4.79 Å². The van der Waals surface area contributed by atoms with Crippen molar-refractivity contribution < 1.29 is 23.9 Å². The van der Waals surface area contributed by atoms with Crippen LogP contribution in [0.5, 0.6) is 0 Å². The second-order valence-electron chi connectivity index (χ2n) is 9.48. The Morgan fingerprint density at radius 3 is 1.87 bits per heavy atom. The summed E-state index contributed by atoms with van der Waals surface area (Å²) in [6, 6.07) is 15.8. The first-order chi connectivity index (χ1) is 17.7. The summed E-state index contributed by atoms with van der Waals surface area (Å²) in [7, 11) is 0.628. The molecule has 2 rings (SSSR count). The summed E-state index contributed by atoms with van der Waals surface area (Å²) in [5, 5.41) is 2.66. The summed E-state index contributed by atoms with van der Waals surface area (Å²) in [5.74, 6) is 0.858. The molecule has 2 aromatic rings. The quantitative estimate of drug-likeness (QED) is 0.157. The predicted octanol–water partition coefficient (Wildman–Crippen LogP) is 12.5. The van der Waals surface area contributed by atoms with Crippen LogP contribution in [0.2, 0.25) is 0 Å². The van der Waals surface area contributed by atoms with E-state index in [4.69, 9.17) is 10.5 Å². The molecular weight excluding hydrogens is 1240 g/mol. The van der Waals surface area contributed by atoms with Crippen LogP contribution in [0, 0.1) is 9.49 Å².